The van der Waals surface area contributed by atoms with Crippen LogP contribution in [-0.4, -0.2) is 33.4 Å². The average Bonchev–Trinajstić information content (AvgIpc) is 2.48. The molecule has 4 heteroatoms. The topological polar surface area (TPSA) is 48.3 Å². The molecule has 0 unspecified atom stereocenters. The van der Waals surface area contributed by atoms with Gasteiger partial charge < -0.3 is 15.0 Å². The summed E-state index contributed by atoms with van der Waals surface area (Å²) < 4.78 is 5.13. The van der Waals surface area contributed by atoms with Gasteiger partial charge in [-0.15, -0.1) is 0 Å². The number of anilines is 1. The maximum atomic E-state index is 9.40. The number of ether oxygens (including phenoxy) is 1. The van der Waals surface area contributed by atoms with Crippen LogP contribution in [0.5, 0.6) is 0 Å². The van der Waals surface area contributed by atoms with Gasteiger partial charge in [-0.1, -0.05) is 19.9 Å². The highest BCUT2D eigenvalue weighted by molar-refractivity contribution is 5.60. The molecule has 0 heterocycles. The van der Waals surface area contributed by atoms with Gasteiger partial charge in [0.25, 0.3) is 0 Å². The Hall–Kier alpha value is -1.57. The minimum Gasteiger partial charge on any atom is -0.383 e. The fraction of sp³-hybridized carbons (Fsp3) is 0.588. The molecule has 1 rings (SSSR count). The first-order valence-corrected chi connectivity index (χ1v) is 7.60. The van der Waals surface area contributed by atoms with Gasteiger partial charge in [-0.3, -0.25) is 0 Å². The van der Waals surface area contributed by atoms with E-state index in [9.17, 15) is 5.26 Å². The van der Waals surface area contributed by atoms with E-state index in [2.05, 4.69) is 43.1 Å². The van der Waals surface area contributed by atoms with Crippen molar-refractivity contribution in [2.75, 3.05) is 38.3 Å². The standard InChI is InChI=1S/C17H27N3O/c1-5-20(8-9-21-4)17-7-6-15(10-16(17)11-18)13-19-12-14(2)3/h6-7,10,14,19H,5,8-9,12-13H2,1-4H3. The van der Waals surface area contributed by atoms with Crippen LogP contribution in [0.15, 0.2) is 18.2 Å². The normalized spacial score (nSPS) is 10.7. The fourth-order valence-electron chi connectivity index (χ4n) is 2.21. The first-order valence-electron chi connectivity index (χ1n) is 7.60. The first-order chi connectivity index (χ1) is 10.1. The zero-order valence-corrected chi connectivity index (χ0v) is 13.6. The predicted octanol–water partition coefficient (Wildman–Crippen LogP) is 2.78. The Balaban J connectivity index is 2.80. The van der Waals surface area contributed by atoms with E-state index in [-0.39, 0.29) is 0 Å². The average molecular weight is 289 g/mol. The molecule has 0 bridgehead atoms. The van der Waals surface area contributed by atoms with Crippen LogP contribution in [0.2, 0.25) is 0 Å². The van der Waals surface area contributed by atoms with E-state index >= 15 is 0 Å². The first kappa shape index (κ1) is 17.5. The molecule has 0 fully saturated rings. The van der Waals surface area contributed by atoms with Gasteiger partial charge in [0.1, 0.15) is 6.07 Å². The molecule has 1 N–H and O–H groups in total. The molecule has 116 valence electrons. The van der Waals surface area contributed by atoms with E-state index in [1.165, 1.54) is 0 Å². The molecule has 0 saturated heterocycles. The molecule has 0 aliphatic heterocycles. The second kappa shape index (κ2) is 9.38. The molecule has 0 aliphatic rings. The van der Waals surface area contributed by atoms with Crippen molar-refractivity contribution in [2.24, 2.45) is 5.92 Å². The minimum atomic E-state index is 0.629. The number of nitriles is 1. The number of methoxy groups -OCH3 is 1. The summed E-state index contributed by atoms with van der Waals surface area (Å²) in [6.45, 7) is 10.6. The van der Waals surface area contributed by atoms with E-state index in [0.717, 1.165) is 43.0 Å². The quantitative estimate of drug-likeness (QED) is 0.759. The Morgan fingerprint density at radius 2 is 2.14 bits per heavy atom. The number of nitrogens with zero attached hydrogens (tertiary/aromatic N) is 2. The number of rotatable bonds is 9. The molecule has 0 spiro atoms. The highest BCUT2D eigenvalue weighted by Gasteiger charge is 2.10. The summed E-state index contributed by atoms with van der Waals surface area (Å²) in [5, 5.41) is 12.8. The maximum absolute atomic E-state index is 9.40. The van der Waals surface area contributed by atoms with Crippen LogP contribution in [0.1, 0.15) is 31.9 Å². The third-order valence-electron chi connectivity index (χ3n) is 3.35. The minimum absolute atomic E-state index is 0.629. The Kier molecular flexibility index (Phi) is 7.81. The highest BCUT2D eigenvalue weighted by Crippen LogP contribution is 2.21. The third-order valence-corrected chi connectivity index (χ3v) is 3.35. The van der Waals surface area contributed by atoms with Crippen LogP contribution < -0.4 is 10.2 Å². The van der Waals surface area contributed by atoms with Crippen molar-refractivity contribution in [1.29, 1.82) is 5.26 Å². The van der Waals surface area contributed by atoms with Crippen molar-refractivity contribution in [3.8, 4) is 6.07 Å². The molecule has 4 nitrogen and oxygen atoms in total. The molecule has 0 radical (unpaired) electrons. The van der Waals surface area contributed by atoms with Crippen molar-refractivity contribution in [2.45, 2.75) is 27.3 Å². The van der Waals surface area contributed by atoms with Gasteiger partial charge in [0.15, 0.2) is 0 Å². The second-order valence-corrected chi connectivity index (χ2v) is 5.56. The molecular weight excluding hydrogens is 262 g/mol. The number of benzene rings is 1. The van der Waals surface area contributed by atoms with Gasteiger partial charge in [0.2, 0.25) is 0 Å². The molecular formula is C17H27N3O. The molecule has 0 saturated carbocycles. The molecule has 0 aromatic heterocycles. The lowest BCUT2D eigenvalue weighted by Gasteiger charge is -2.24. The summed E-state index contributed by atoms with van der Waals surface area (Å²) in [6.07, 6.45) is 0. The van der Waals surface area contributed by atoms with Crippen LogP contribution in [0.4, 0.5) is 5.69 Å². The Labute approximate surface area is 128 Å². The molecule has 1 aromatic rings. The van der Waals surface area contributed by atoms with Gasteiger partial charge in [-0.2, -0.15) is 5.26 Å². The largest absolute Gasteiger partial charge is 0.383 e. The van der Waals surface area contributed by atoms with E-state index in [1.54, 1.807) is 7.11 Å². The predicted molar refractivity (Wildman–Crippen MR) is 87.5 cm³/mol. The van der Waals surface area contributed by atoms with Crippen LogP contribution in [-0.2, 0) is 11.3 Å². The van der Waals surface area contributed by atoms with E-state index in [4.69, 9.17) is 4.74 Å². The highest BCUT2D eigenvalue weighted by atomic mass is 16.5. The van der Waals surface area contributed by atoms with Crippen LogP contribution in [0.25, 0.3) is 0 Å². The molecule has 0 aliphatic carbocycles. The smallest absolute Gasteiger partial charge is 0.101 e. The third kappa shape index (κ3) is 5.74. The van der Waals surface area contributed by atoms with Crippen molar-refractivity contribution in [3.63, 3.8) is 0 Å². The molecule has 1 aromatic carbocycles. The van der Waals surface area contributed by atoms with E-state index < -0.39 is 0 Å². The summed E-state index contributed by atoms with van der Waals surface area (Å²) in [5.74, 6) is 0.629. The van der Waals surface area contributed by atoms with Crippen molar-refractivity contribution < 1.29 is 4.74 Å². The Bertz CT molecular complexity index is 466. The van der Waals surface area contributed by atoms with Crippen molar-refractivity contribution in [3.05, 3.63) is 29.3 Å². The summed E-state index contributed by atoms with van der Waals surface area (Å²) in [6, 6.07) is 8.44. The van der Waals surface area contributed by atoms with Crippen LogP contribution >= 0.6 is 0 Å². The Morgan fingerprint density at radius 1 is 1.38 bits per heavy atom. The van der Waals surface area contributed by atoms with Crippen molar-refractivity contribution >= 4 is 5.69 Å². The summed E-state index contributed by atoms with van der Waals surface area (Å²) >= 11 is 0. The Morgan fingerprint density at radius 3 is 2.71 bits per heavy atom. The number of hydrogen-bond donors (Lipinski definition) is 1. The molecule has 0 amide bonds. The van der Waals surface area contributed by atoms with Gasteiger partial charge >= 0.3 is 0 Å². The number of nitrogens with one attached hydrogen (secondary N) is 1. The van der Waals surface area contributed by atoms with Crippen molar-refractivity contribution in [1.82, 2.24) is 5.32 Å². The monoisotopic (exact) mass is 289 g/mol. The summed E-state index contributed by atoms with van der Waals surface area (Å²) in [5.41, 5.74) is 2.88. The van der Waals surface area contributed by atoms with Crippen LogP contribution in [0.3, 0.4) is 0 Å². The molecule has 21 heavy (non-hydrogen) atoms. The van der Waals surface area contributed by atoms with Gasteiger partial charge in [0, 0.05) is 26.7 Å². The summed E-state index contributed by atoms with van der Waals surface area (Å²) in [4.78, 5) is 2.17. The van der Waals surface area contributed by atoms with E-state index in [0.29, 0.717) is 12.5 Å². The van der Waals surface area contributed by atoms with Crippen LogP contribution in [0, 0.1) is 17.2 Å². The lowest BCUT2D eigenvalue weighted by atomic mass is 10.1. The van der Waals surface area contributed by atoms with E-state index in [1.807, 2.05) is 12.1 Å². The van der Waals surface area contributed by atoms with Gasteiger partial charge in [0.05, 0.1) is 17.9 Å². The van der Waals surface area contributed by atoms with Gasteiger partial charge in [-0.05, 0) is 37.1 Å². The second-order valence-electron chi connectivity index (χ2n) is 5.56. The lowest BCUT2D eigenvalue weighted by molar-refractivity contribution is 0.205. The number of likely N-dealkylation sites (N-methyl/N-ethyl adjacent to an activating group) is 1. The maximum Gasteiger partial charge on any atom is 0.101 e. The lowest BCUT2D eigenvalue weighted by Crippen LogP contribution is -2.27. The fourth-order valence-corrected chi connectivity index (χ4v) is 2.21. The summed E-state index contributed by atoms with van der Waals surface area (Å²) in [7, 11) is 1.70. The molecule has 0 atom stereocenters. The zero-order valence-electron chi connectivity index (χ0n) is 13.6. The van der Waals surface area contributed by atoms with Gasteiger partial charge in [-0.25, -0.2) is 0 Å². The number of hydrogen-bond acceptors (Lipinski definition) is 4. The zero-order chi connectivity index (χ0) is 15.7. The SMILES string of the molecule is CCN(CCOC)c1ccc(CNCC(C)C)cc1C#N.